The molecule has 0 aromatic heterocycles. The third-order valence-electron chi connectivity index (χ3n) is 2.08. The van der Waals surface area contributed by atoms with Crippen molar-refractivity contribution in [2.45, 2.75) is 13.3 Å². The number of carbonyl (C=O) groups is 2. The maximum Gasteiger partial charge on any atom is 0.359 e. The van der Waals surface area contributed by atoms with Crippen molar-refractivity contribution in [1.82, 2.24) is 0 Å². The molecule has 0 N–H and O–H groups in total. The lowest BCUT2D eigenvalue weighted by atomic mass is 10.5. The summed E-state index contributed by atoms with van der Waals surface area (Å²) in [5, 5.41) is 0. The van der Waals surface area contributed by atoms with Gasteiger partial charge in [0.05, 0.1) is 13.2 Å². The Labute approximate surface area is 97.8 Å². The second-order valence-corrected chi connectivity index (χ2v) is 5.61. The first-order chi connectivity index (χ1) is 7.72. The van der Waals surface area contributed by atoms with E-state index in [2.05, 4.69) is 4.74 Å². The standard InChI is InChI=1S/C10H17O5S/c1-2-9(11)14-8-15-10(12)7-16-5-3-13-4-6-16/h2-8H2,1H3/q+1. The molecule has 1 heterocycles. The lowest BCUT2D eigenvalue weighted by Gasteiger charge is -2.13. The van der Waals surface area contributed by atoms with Gasteiger partial charge < -0.3 is 14.2 Å². The summed E-state index contributed by atoms with van der Waals surface area (Å²) in [6.45, 7) is 2.87. The third-order valence-corrected chi connectivity index (χ3v) is 4.22. The first kappa shape index (κ1) is 13.3. The molecule has 1 saturated heterocycles. The van der Waals surface area contributed by atoms with Gasteiger partial charge in [0.2, 0.25) is 12.5 Å². The van der Waals surface area contributed by atoms with Gasteiger partial charge in [0, 0.05) is 17.3 Å². The minimum absolute atomic E-state index is 0.0693. The number of ether oxygens (including phenoxy) is 3. The van der Waals surface area contributed by atoms with Crippen LogP contribution in [0.25, 0.3) is 0 Å². The van der Waals surface area contributed by atoms with E-state index in [9.17, 15) is 9.59 Å². The highest BCUT2D eigenvalue weighted by Crippen LogP contribution is 2.04. The third kappa shape index (κ3) is 5.37. The van der Waals surface area contributed by atoms with Crippen molar-refractivity contribution in [1.29, 1.82) is 0 Å². The molecule has 1 rings (SSSR count). The van der Waals surface area contributed by atoms with Crippen LogP contribution in [0.5, 0.6) is 0 Å². The molecule has 0 unspecified atom stereocenters. The van der Waals surface area contributed by atoms with Crippen LogP contribution in [0, 0.1) is 0 Å². The first-order valence-corrected chi connectivity index (χ1v) is 6.98. The Balaban J connectivity index is 2.08. The quantitative estimate of drug-likeness (QED) is 0.392. The molecule has 0 aromatic carbocycles. The average Bonchev–Trinajstić information content (AvgIpc) is 2.30. The Morgan fingerprint density at radius 3 is 2.44 bits per heavy atom. The van der Waals surface area contributed by atoms with Crippen molar-refractivity contribution in [2.75, 3.05) is 37.3 Å². The largest absolute Gasteiger partial charge is 0.428 e. The summed E-state index contributed by atoms with van der Waals surface area (Å²) in [6, 6.07) is 0. The summed E-state index contributed by atoms with van der Waals surface area (Å²) < 4.78 is 14.6. The molecule has 0 aliphatic carbocycles. The van der Waals surface area contributed by atoms with Gasteiger partial charge >= 0.3 is 11.9 Å². The fraction of sp³-hybridized carbons (Fsp3) is 0.800. The van der Waals surface area contributed by atoms with Crippen molar-refractivity contribution < 1.29 is 23.8 Å². The lowest BCUT2D eigenvalue weighted by Crippen LogP contribution is -2.32. The van der Waals surface area contributed by atoms with Gasteiger partial charge in [-0.1, -0.05) is 6.92 Å². The molecule has 5 nitrogen and oxygen atoms in total. The maximum atomic E-state index is 11.3. The molecule has 0 radical (unpaired) electrons. The zero-order chi connectivity index (χ0) is 11.8. The minimum atomic E-state index is -0.360. The van der Waals surface area contributed by atoms with Crippen LogP contribution in [0.1, 0.15) is 13.3 Å². The van der Waals surface area contributed by atoms with Gasteiger partial charge in [-0.25, -0.2) is 4.79 Å². The van der Waals surface area contributed by atoms with Crippen LogP contribution in [0.3, 0.4) is 0 Å². The second kappa shape index (κ2) is 7.51. The molecule has 92 valence electrons. The minimum Gasteiger partial charge on any atom is -0.428 e. The van der Waals surface area contributed by atoms with E-state index < -0.39 is 0 Å². The van der Waals surface area contributed by atoms with Crippen LogP contribution in [0.4, 0.5) is 0 Å². The molecule has 0 aromatic rings. The highest BCUT2D eigenvalue weighted by Gasteiger charge is 2.26. The number of hydrogen-bond donors (Lipinski definition) is 0. The topological polar surface area (TPSA) is 61.8 Å². The molecule has 1 fully saturated rings. The average molecular weight is 249 g/mol. The molecule has 0 amide bonds. The van der Waals surface area contributed by atoms with E-state index in [4.69, 9.17) is 9.47 Å². The van der Waals surface area contributed by atoms with Crippen LogP contribution in [0.15, 0.2) is 0 Å². The van der Waals surface area contributed by atoms with Crippen molar-refractivity contribution >= 4 is 22.8 Å². The summed E-state index contributed by atoms with van der Waals surface area (Å²) >= 11 is 0. The van der Waals surface area contributed by atoms with Gasteiger partial charge in [-0.3, -0.25) is 4.79 Å². The smallest absolute Gasteiger partial charge is 0.359 e. The number of esters is 2. The summed E-state index contributed by atoms with van der Waals surface area (Å²) in [7, 11) is 0.0693. The fourth-order valence-corrected chi connectivity index (χ4v) is 2.79. The lowest BCUT2D eigenvalue weighted by molar-refractivity contribution is -0.165. The van der Waals surface area contributed by atoms with Crippen LogP contribution >= 0.6 is 0 Å². The summed E-state index contributed by atoms with van der Waals surface area (Å²) in [5.74, 6) is 1.59. The Bertz CT molecular complexity index is 237. The van der Waals surface area contributed by atoms with E-state index in [1.807, 2.05) is 0 Å². The van der Waals surface area contributed by atoms with Gasteiger partial charge in [0.25, 0.3) is 0 Å². The SMILES string of the molecule is CCC(=O)OCOC(=O)C[S+]1CCOCC1. The summed E-state index contributed by atoms with van der Waals surface area (Å²) in [4.78, 5) is 22.1. The molecular formula is C10H17O5S+. The summed E-state index contributed by atoms with van der Waals surface area (Å²) in [5.41, 5.74) is 0. The van der Waals surface area contributed by atoms with Crippen LogP contribution in [0.2, 0.25) is 0 Å². The van der Waals surface area contributed by atoms with Crippen molar-refractivity contribution in [2.24, 2.45) is 0 Å². The van der Waals surface area contributed by atoms with E-state index >= 15 is 0 Å². The molecule has 0 saturated carbocycles. The van der Waals surface area contributed by atoms with E-state index in [1.54, 1.807) is 6.92 Å². The van der Waals surface area contributed by atoms with Crippen LogP contribution in [-0.2, 0) is 34.7 Å². The monoisotopic (exact) mass is 249 g/mol. The predicted molar refractivity (Wildman–Crippen MR) is 60.1 cm³/mol. The van der Waals surface area contributed by atoms with E-state index in [-0.39, 0.29) is 29.6 Å². The summed E-state index contributed by atoms with van der Waals surface area (Å²) in [6.07, 6.45) is 0.291. The van der Waals surface area contributed by atoms with Gasteiger partial charge in [-0.2, -0.15) is 0 Å². The first-order valence-electron chi connectivity index (χ1n) is 5.25. The fourth-order valence-electron chi connectivity index (χ4n) is 1.17. The molecule has 1 aliphatic heterocycles. The van der Waals surface area contributed by atoms with Crippen molar-refractivity contribution in [3.05, 3.63) is 0 Å². The van der Waals surface area contributed by atoms with E-state index in [0.717, 1.165) is 24.7 Å². The highest BCUT2D eigenvalue weighted by atomic mass is 32.2. The van der Waals surface area contributed by atoms with E-state index in [0.29, 0.717) is 12.2 Å². The highest BCUT2D eigenvalue weighted by molar-refractivity contribution is 7.97. The number of rotatable bonds is 5. The molecule has 0 atom stereocenters. The molecular weight excluding hydrogens is 232 g/mol. The van der Waals surface area contributed by atoms with Crippen molar-refractivity contribution in [3.63, 3.8) is 0 Å². The molecule has 1 aliphatic rings. The van der Waals surface area contributed by atoms with Gasteiger partial charge in [-0.15, -0.1) is 0 Å². The van der Waals surface area contributed by atoms with Crippen LogP contribution in [-0.4, -0.2) is 49.2 Å². The molecule has 0 spiro atoms. The Hall–Kier alpha value is -0.750. The van der Waals surface area contributed by atoms with E-state index in [1.165, 1.54) is 0 Å². The van der Waals surface area contributed by atoms with Gasteiger partial charge in [-0.05, 0) is 0 Å². The van der Waals surface area contributed by atoms with Gasteiger partial charge in [0.15, 0.2) is 0 Å². The normalized spacial score (nSPS) is 16.8. The zero-order valence-corrected chi connectivity index (χ0v) is 10.2. The number of hydrogen-bond acceptors (Lipinski definition) is 5. The Morgan fingerprint density at radius 2 is 1.81 bits per heavy atom. The Morgan fingerprint density at radius 1 is 1.19 bits per heavy atom. The molecule has 0 bridgehead atoms. The maximum absolute atomic E-state index is 11.3. The Kier molecular flexibility index (Phi) is 6.25. The molecule has 6 heteroatoms. The van der Waals surface area contributed by atoms with Crippen LogP contribution < -0.4 is 0 Å². The zero-order valence-electron chi connectivity index (χ0n) is 9.40. The van der Waals surface area contributed by atoms with Gasteiger partial charge in [0.1, 0.15) is 11.5 Å². The predicted octanol–water partition coefficient (Wildman–Crippen LogP) is 0.0888. The molecule has 16 heavy (non-hydrogen) atoms. The van der Waals surface area contributed by atoms with Crippen molar-refractivity contribution in [3.8, 4) is 0 Å². The second-order valence-electron chi connectivity index (χ2n) is 3.28. The number of carbonyl (C=O) groups excluding carboxylic acids is 2.